The molecule has 2 aromatic rings. The van der Waals surface area contributed by atoms with E-state index in [-0.39, 0.29) is 5.91 Å². The zero-order valence-electron chi connectivity index (χ0n) is 10.8. The quantitative estimate of drug-likeness (QED) is 0.640. The van der Waals surface area contributed by atoms with Crippen LogP contribution in [0.15, 0.2) is 28.7 Å². The van der Waals surface area contributed by atoms with E-state index < -0.39 is 0 Å². The van der Waals surface area contributed by atoms with E-state index in [4.69, 9.17) is 10.2 Å². The molecule has 0 aliphatic heterocycles. The maximum Gasteiger partial charge on any atom is 0.287 e. The number of hydrogen-bond acceptors (Lipinski definition) is 3. The Balaban J connectivity index is 1.60. The second-order valence-electron chi connectivity index (χ2n) is 5.25. The Bertz CT molecular complexity index is 599. The standard InChI is InChI=1S/C15H18N2O2/c16-12-5-6-13-11(8-12)9-14(19-13)15(18)17-7-1-2-10-3-4-10/h5-6,8-10H,1-4,7,16H2,(H,17,18). The SMILES string of the molecule is Nc1ccc2oc(C(=O)NCCCC3CC3)cc2c1. The van der Waals surface area contributed by atoms with Gasteiger partial charge in [-0.3, -0.25) is 4.79 Å². The second kappa shape index (κ2) is 4.96. The number of carbonyl (C=O) groups excluding carboxylic acids is 1. The van der Waals surface area contributed by atoms with Crippen LogP contribution >= 0.6 is 0 Å². The summed E-state index contributed by atoms with van der Waals surface area (Å²) in [5.41, 5.74) is 7.06. The number of anilines is 1. The lowest BCUT2D eigenvalue weighted by Crippen LogP contribution is -2.23. The summed E-state index contributed by atoms with van der Waals surface area (Å²) in [4.78, 5) is 11.9. The minimum absolute atomic E-state index is 0.148. The van der Waals surface area contributed by atoms with E-state index in [1.165, 1.54) is 19.3 Å². The molecule has 4 nitrogen and oxygen atoms in total. The molecule has 0 spiro atoms. The van der Waals surface area contributed by atoms with Gasteiger partial charge in [0.15, 0.2) is 5.76 Å². The number of nitrogens with two attached hydrogens (primary N) is 1. The summed E-state index contributed by atoms with van der Waals surface area (Å²) in [6, 6.07) is 7.10. The molecule has 1 fully saturated rings. The maximum atomic E-state index is 11.9. The summed E-state index contributed by atoms with van der Waals surface area (Å²) in [6.07, 6.45) is 4.98. The van der Waals surface area contributed by atoms with Gasteiger partial charge in [0.2, 0.25) is 0 Å². The molecule has 3 N–H and O–H groups in total. The normalized spacial score (nSPS) is 14.7. The number of hydrogen-bond donors (Lipinski definition) is 2. The Morgan fingerprint density at radius 3 is 3.00 bits per heavy atom. The summed E-state index contributed by atoms with van der Waals surface area (Å²) in [6.45, 7) is 0.717. The predicted molar refractivity (Wildman–Crippen MR) is 74.9 cm³/mol. The predicted octanol–water partition coefficient (Wildman–Crippen LogP) is 2.94. The molecule has 0 bridgehead atoms. The molecular weight excluding hydrogens is 240 g/mol. The van der Waals surface area contributed by atoms with E-state index in [9.17, 15) is 4.79 Å². The second-order valence-corrected chi connectivity index (χ2v) is 5.25. The summed E-state index contributed by atoms with van der Waals surface area (Å²) < 4.78 is 5.51. The highest BCUT2D eigenvalue weighted by Gasteiger charge is 2.20. The topological polar surface area (TPSA) is 68.3 Å². The van der Waals surface area contributed by atoms with Crippen LogP contribution in [0.4, 0.5) is 5.69 Å². The van der Waals surface area contributed by atoms with Gasteiger partial charge in [-0.15, -0.1) is 0 Å². The van der Waals surface area contributed by atoms with Crippen molar-refractivity contribution < 1.29 is 9.21 Å². The molecule has 1 heterocycles. The molecule has 0 radical (unpaired) electrons. The third kappa shape index (κ3) is 2.89. The number of benzene rings is 1. The first-order valence-electron chi connectivity index (χ1n) is 6.79. The minimum Gasteiger partial charge on any atom is -0.451 e. The molecular formula is C15H18N2O2. The molecule has 100 valence electrons. The van der Waals surface area contributed by atoms with Crippen molar-refractivity contribution in [1.82, 2.24) is 5.32 Å². The van der Waals surface area contributed by atoms with Crippen molar-refractivity contribution >= 4 is 22.6 Å². The minimum atomic E-state index is -0.148. The van der Waals surface area contributed by atoms with Crippen LogP contribution in [0.2, 0.25) is 0 Å². The van der Waals surface area contributed by atoms with Crippen LogP contribution in [-0.4, -0.2) is 12.5 Å². The van der Waals surface area contributed by atoms with Gasteiger partial charge in [0.25, 0.3) is 5.91 Å². The van der Waals surface area contributed by atoms with Crippen LogP contribution in [0.5, 0.6) is 0 Å². The van der Waals surface area contributed by atoms with Gasteiger partial charge in [0.05, 0.1) is 0 Å². The molecule has 1 saturated carbocycles. The van der Waals surface area contributed by atoms with Crippen molar-refractivity contribution in [2.45, 2.75) is 25.7 Å². The summed E-state index contributed by atoms with van der Waals surface area (Å²) in [5, 5.41) is 3.76. The molecule has 4 heteroatoms. The van der Waals surface area contributed by atoms with Gasteiger partial charge in [-0.25, -0.2) is 0 Å². The van der Waals surface area contributed by atoms with Crippen molar-refractivity contribution in [3.63, 3.8) is 0 Å². The first-order chi connectivity index (χ1) is 9.22. The summed E-state index contributed by atoms with van der Waals surface area (Å²) >= 11 is 0. The lowest BCUT2D eigenvalue weighted by Gasteiger charge is -2.01. The zero-order chi connectivity index (χ0) is 13.2. The Labute approximate surface area is 112 Å². The fraction of sp³-hybridized carbons (Fsp3) is 0.400. The van der Waals surface area contributed by atoms with Gasteiger partial charge in [-0.1, -0.05) is 12.8 Å². The number of amides is 1. The average molecular weight is 258 g/mol. The van der Waals surface area contributed by atoms with E-state index >= 15 is 0 Å². The van der Waals surface area contributed by atoms with E-state index in [1.807, 2.05) is 6.07 Å². The van der Waals surface area contributed by atoms with E-state index in [1.54, 1.807) is 18.2 Å². The summed E-state index contributed by atoms with van der Waals surface area (Å²) in [5.74, 6) is 1.11. The molecule has 1 amide bonds. The number of fused-ring (bicyclic) bond motifs is 1. The van der Waals surface area contributed by atoms with E-state index in [0.717, 1.165) is 17.7 Å². The van der Waals surface area contributed by atoms with Crippen LogP contribution in [0.1, 0.15) is 36.2 Å². The van der Waals surface area contributed by atoms with Gasteiger partial charge in [-0.2, -0.15) is 0 Å². The third-order valence-corrected chi connectivity index (χ3v) is 3.54. The van der Waals surface area contributed by atoms with Gasteiger partial charge >= 0.3 is 0 Å². The highest BCUT2D eigenvalue weighted by atomic mass is 16.3. The number of carbonyl (C=O) groups is 1. The first-order valence-corrected chi connectivity index (χ1v) is 6.79. The van der Waals surface area contributed by atoms with E-state index in [2.05, 4.69) is 5.32 Å². The smallest absolute Gasteiger partial charge is 0.287 e. The monoisotopic (exact) mass is 258 g/mol. The number of furan rings is 1. The highest BCUT2D eigenvalue weighted by Crippen LogP contribution is 2.33. The molecule has 19 heavy (non-hydrogen) atoms. The molecule has 3 rings (SSSR count). The van der Waals surface area contributed by atoms with Crippen LogP contribution in [0, 0.1) is 5.92 Å². The average Bonchev–Trinajstić information content (AvgIpc) is 3.12. The van der Waals surface area contributed by atoms with Gasteiger partial charge in [0.1, 0.15) is 5.58 Å². The summed E-state index contributed by atoms with van der Waals surface area (Å²) in [7, 11) is 0. The number of nitrogen functional groups attached to an aromatic ring is 1. The lowest BCUT2D eigenvalue weighted by atomic mass is 10.2. The van der Waals surface area contributed by atoms with Crippen molar-refractivity contribution in [3.8, 4) is 0 Å². The third-order valence-electron chi connectivity index (χ3n) is 3.54. The van der Waals surface area contributed by atoms with Gasteiger partial charge in [-0.05, 0) is 43.0 Å². The molecule has 1 aliphatic rings. The number of nitrogens with one attached hydrogen (secondary N) is 1. The molecule has 1 aliphatic carbocycles. The maximum absolute atomic E-state index is 11.9. The molecule has 1 aromatic heterocycles. The van der Waals surface area contributed by atoms with Crippen LogP contribution < -0.4 is 11.1 Å². The van der Waals surface area contributed by atoms with Crippen LogP contribution in [0.3, 0.4) is 0 Å². The fourth-order valence-electron chi connectivity index (χ4n) is 2.26. The van der Waals surface area contributed by atoms with Crippen molar-refractivity contribution in [1.29, 1.82) is 0 Å². The van der Waals surface area contributed by atoms with Gasteiger partial charge < -0.3 is 15.5 Å². The van der Waals surface area contributed by atoms with Crippen molar-refractivity contribution in [3.05, 3.63) is 30.0 Å². The van der Waals surface area contributed by atoms with Crippen molar-refractivity contribution in [2.24, 2.45) is 5.92 Å². The number of rotatable bonds is 5. The zero-order valence-corrected chi connectivity index (χ0v) is 10.8. The molecule has 0 unspecified atom stereocenters. The van der Waals surface area contributed by atoms with Crippen LogP contribution in [0.25, 0.3) is 11.0 Å². The Hall–Kier alpha value is -1.97. The lowest BCUT2D eigenvalue weighted by molar-refractivity contribution is 0.0927. The highest BCUT2D eigenvalue weighted by molar-refractivity contribution is 5.96. The van der Waals surface area contributed by atoms with Gasteiger partial charge in [0, 0.05) is 17.6 Å². The van der Waals surface area contributed by atoms with E-state index in [0.29, 0.717) is 23.6 Å². The molecule has 1 aromatic carbocycles. The fourth-order valence-corrected chi connectivity index (χ4v) is 2.26. The Kier molecular flexibility index (Phi) is 3.15. The Morgan fingerprint density at radius 1 is 1.37 bits per heavy atom. The van der Waals surface area contributed by atoms with Crippen molar-refractivity contribution in [2.75, 3.05) is 12.3 Å². The Morgan fingerprint density at radius 2 is 2.21 bits per heavy atom. The molecule has 0 saturated heterocycles. The molecule has 0 atom stereocenters. The first kappa shape index (κ1) is 12.1. The van der Waals surface area contributed by atoms with Crippen LogP contribution in [-0.2, 0) is 0 Å². The largest absolute Gasteiger partial charge is 0.451 e.